The van der Waals surface area contributed by atoms with E-state index in [1.54, 1.807) is 11.3 Å². The van der Waals surface area contributed by atoms with Crippen molar-refractivity contribution in [3.8, 4) is 0 Å². The van der Waals surface area contributed by atoms with Crippen molar-refractivity contribution in [2.75, 3.05) is 26.0 Å². The summed E-state index contributed by atoms with van der Waals surface area (Å²) in [5.74, 6) is 0. The van der Waals surface area contributed by atoms with E-state index in [0.717, 1.165) is 15.9 Å². The summed E-state index contributed by atoms with van der Waals surface area (Å²) in [7, 11) is 6.01. The topological polar surface area (TPSA) is 41.1 Å². The summed E-state index contributed by atoms with van der Waals surface area (Å²) in [4.78, 5) is 2.00. The molecule has 0 aliphatic rings. The number of aromatic nitrogens is 2. The number of hydrogen-bond donors (Lipinski definition) is 1. The van der Waals surface area contributed by atoms with Crippen molar-refractivity contribution < 1.29 is 0 Å². The molecule has 4 nitrogen and oxygen atoms in total. The number of hydrogen-bond acceptors (Lipinski definition) is 6. The second-order valence-corrected chi connectivity index (χ2v) is 7.43. The quantitative estimate of drug-likeness (QED) is 0.791. The predicted molar refractivity (Wildman–Crippen MR) is 92.4 cm³/mol. The monoisotopic (exact) mass is 322 g/mol. The Balaban J connectivity index is 2.13. The highest BCUT2D eigenvalue weighted by atomic mass is 32.2. The average molecular weight is 323 g/mol. The normalized spacial score (nSPS) is 13.9. The predicted octanol–water partition coefficient (Wildman–Crippen LogP) is 3.44. The van der Waals surface area contributed by atoms with Gasteiger partial charge in [-0.25, -0.2) is 0 Å². The number of anilines is 1. The molecule has 1 aromatic carbocycles. The lowest BCUT2D eigenvalue weighted by Crippen LogP contribution is -2.26. The molecule has 0 saturated carbocycles. The minimum Gasteiger partial charge on any atom is -0.353 e. The van der Waals surface area contributed by atoms with Crippen LogP contribution in [-0.2, 0) is 0 Å². The highest BCUT2D eigenvalue weighted by Crippen LogP contribution is 2.36. The first kappa shape index (κ1) is 16.3. The lowest BCUT2D eigenvalue weighted by Gasteiger charge is -2.25. The van der Waals surface area contributed by atoms with E-state index in [0.29, 0.717) is 11.3 Å². The van der Waals surface area contributed by atoms with Gasteiger partial charge in [-0.15, -0.1) is 10.2 Å². The van der Waals surface area contributed by atoms with Crippen molar-refractivity contribution in [2.24, 2.45) is 0 Å². The summed E-state index contributed by atoms with van der Waals surface area (Å²) in [5.41, 5.74) is 1.32. The maximum absolute atomic E-state index is 4.30. The Hall–Kier alpha value is -1.11. The molecule has 0 spiro atoms. The van der Waals surface area contributed by atoms with E-state index in [1.807, 2.05) is 37.8 Å². The van der Waals surface area contributed by atoms with Crippen molar-refractivity contribution in [1.29, 1.82) is 0 Å². The van der Waals surface area contributed by atoms with E-state index >= 15 is 0 Å². The molecule has 0 aliphatic heterocycles. The van der Waals surface area contributed by atoms with E-state index in [4.69, 9.17) is 0 Å². The SMILES string of the molecule is CCC(Sc1nnc(N(C)C)s1)C(NC)c1ccccc1. The number of thioether (sulfide) groups is 1. The summed E-state index contributed by atoms with van der Waals surface area (Å²) >= 11 is 3.46. The van der Waals surface area contributed by atoms with Gasteiger partial charge in [0.1, 0.15) is 0 Å². The second kappa shape index (κ2) is 7.77. The Bertz CT molecular complexity index is 542. The summed E-state index contributed by atoms with van der Waals surface area (Å²) < 4.78 is 1.03. The van der Waals surface area contributed by atoms with Crippen LogP contribution in [0.25, 0.3) is 0 Å². The van der Waals surface area contributed by atoms with Gasteiger partial charge in [0.2, 0.25) is 5.13 Å². The van der Waals surface area contributed by atoms with Gasteiger partial charge >= 0.3 is 0 Å². The molecule has 0 aliphatic carbocycles. The van der Waals surface area contributed by atoms with E-state index in [-0.39, 0.29) is 0 Å². The number of rotatable bonds is 7. The summed E-state index contributed by atoms with van der Waals surface area (Å²) in [5, 5.41) is 13.3. The molecule has 1 heterocycles. The molecule has 2 unspecified atom stereocenters. The van der Waals surface area contributed by atoms with Gasteiger partial charge < -0.3 is 10.2 Å². The molecule has 1 N–H and O–H groups in total. The van der Waals surface area contributed by atoms with Crippen LogP contribution in [0.1, 0.15) is 24.9 Å². The Labute approximate surface area is 135 Å². The second-order valence-electron chi connectivity index (χ2n) is 4.99. The zero-order valence-electron chi connectivity index (χ0n) is 12.9. The van der Waals surface area contributed by atoms with Crippen LogP contribution in [-0.4, -0.2) is 36.6 Å². The van der Waals surface area contributed by atoms with Crippen molar-refractivity contribution >= 4 is 28.2 Å². The highest BCUT2D eigenvalue weighted by molar-refractivity contribution is 8.01. The first-order valence-electron chi connectivity index (χ1n) is 7.05. The molecule has 0 saturated heterocycles. The Kier molecular flexibility index (Phi) is 6.02. The van der Waals surface area contributed by atoms with Gasteiger partial charge in [0.05, 0.1) is 0 Å². The van der Waals surface area contributed by atoms with Crippen LogP contribution in [0.4, 0.5) is 5.13 Å². The molecule has 2 aromatic rings. The molecular weight excluding hydrogens is 300 g/mol. The molecule has 6 heteroatoms. The fraction of sp³-hybridized carbons (Fsp3) is 0.467. The zero-order valence-corrected chi connectivity index (χ0v) is 14.5. The molecule has 2 rings (SSSR count). The van der Waals surface area contributed by atoms with Gasteiger partial charge in [-0.2, -0.15) is 0 Å². The maximum atomic E-state index is 4.30. The lowest BCUT2D eigenvalue weighted by atomic mass is 10.0. The van der Waals surface area contributed by atoms with Crippen LogP contribution < -0.4 is 10.2 Å². The molecule has 0 amide bonds. The van der Waals surface area contributed by atoms with E-state index < -0.39 is 0 Å². The van der Waals surface area contributed by atoms with Crippen molar-refractivity contribution in [2.45, 2.75) is 29.0 Å². The maximum Gasteiger partial charge on any atom is 0.208 e. The zero-order chi connectivity index (χ0) is 15.2. The fourth-order valence-electron chi connectivity index (χ4n) is 2.18. The Morgan fingerprint density at radius 1 is 1.24 bits per heavy atom. The first-order chi connectivity index (χ1) is 10.2. The third-order valence-corrected chi connectivity index (χ3v) is 5.89. The number of benzene rings is 1. The van der Waals surface area contributed by atoms with Gasteiger partial charge in [-0.1, -0.05) is 60.4 Å². The van der Waals surface area contributed by atoms with Crippen molar-refractivity contribution in [3.63, 3.8) is 0 Å². The summed E-state index contributed by atoms with van der Waals surface area (Å²) in [6.45, 7) is 2.22. The Morgan fingerprint density at radius 2 is 1.95 bits per heavy atom. The van der Waals surface area contributed by atoms with Crippen LogP contribution in [0.3, 0.4) is 0 Å². The van der Waals surface area contributed by atoms with Crippen LogP contribution in [0, 0.1) is 0 Å². The van der Waals surface area contributed by atoms with Crippen LogP contribution >= 0.6 is 23.1 Å². The van der Waals surface area contributed by atoms with Crippen LogP contribution in [0.15, 0.2) is 34.7 Å². The third-order valence-electron chi connectivity index (χ3n) is 3.27. The minimum absolute atomic E-state index is 0.313. The van der Waals surface area contributed by atoms with E-state index in [1.165, 1.54) is 5.56 Å². The number of nitrogens with zero attached hydrogens (tertiary/aromatic N) is 3. The molecule has 0 radical (unpaired) electrons. The first-order valence-corrected chi connectivity index (χ1v) is 8.75. The minimum atomic E-state index is 0.313. The smallest absolute Gasteiger partial charge is 0.208 e. The standard InChI is InChI=1S/C15H22N4S2/c1-5-12(13(16-2)11-9-7-6-8-10-11)20-15-18-17-14(21-15)19(3)4/h6-10,12-13,16H,5H2,1-4H3. The lowest BCUT2D eigenvalue weighted by molar-refractivity contribution is 0.555. The highest BCUT2D eigenvalue weighted by Gasteiger charge is 2.23. The molecule has 0 bridgehead atoms. The molecule has 21 heavy (non-hydrogen) atoms. The van der Waals surface area contributed by atoms with Crippen molar-refractivity contribution in [3.05, 3.63) is 35.9 Å². The van der Waals surface area contributed by atoms with Gasteiger partial charge in [0.25, 0.3) is 0 Å². The third kappa shape index (κ3) is 4.18. The van der Waals surface area contributed by atoms with Crippen molar-refractivity contribution in [1.82, 2.24) is 15.5 Å². The number of nitrogens with one attached hydrogen (secondary N) is 1. The summed E-state index contributed by atoms with van der Waals surface area (Å²) in [6.07, 6.45) is 1.07. The summed E-state index contributed by atoms with van der Waals surface area (Å²) in [6, 6.07) is 10.9. The molecule has 2 atom stereocenters. The van der Waals surface area contributed by atoms with E-state index in [2.05, 4.69) is 52.8 Å². The largest absolute Gasteiger partial charge is 0.353 e. The van der Waals surface area contributed by atoms with Gasteiger partial charge in [0.15, 0.2) is 4.34 Å². The van der Waals surface area contributed by atoms with Gasteiger partial charge in [-0.05, 0) is 19.0 Å². The van der Waals surface area contributed by atoms with Gasteiger partial charge in [-0.3, -0.25) is 0 Å². The van der Waals surface area contributed by atoms with E-state index in [9.17, 15) is 0 Å². The van der Waals surface area contributed by atoms with Gasteiger partial charge in [0, 0.05) is 25.4 Å². The van der Waals surface area contributed by atoms with Crippen LogP contribution in [0.2, 0.25) is 0 Å². The van der Waals surface area contributed by atoms with Crippen LogP contribution in [0.5, 0.6) is 0 Å². The molecular formula is C15H22N4S2. The average Bonchev–Trinajstić information content (AvgIpc) is 2.97. The molecule has 1 aromatic heterocycles. The molecule has 114 valence electrons. The fourth-order valence-corrected chi connectivity index (χ4v) is 4.41. The Morgan fingerprint density at radius 3 is 2.48 bits per heavy atom. The molecule has 0 fully saturated rings.